The molecule has 38 heavy (non-hydrogen) atoms. The Morgan fingerprint density at radius 3 is 2.18 bits per heavy atom. The van der Waals surface area contributed by atoms with E-state index in [0.717, 1.165) is 11.3 Å². The highest BCUT2D eigenvalue weighted by Crippen LogP contribution is 2.40. The van der Waals surface area contributed by atoms with E-state index < -0.39 is 6.09 Å². The molecule has 2 N–H and O–H groups in total. The van der Waals surface area contributed by atoms with Gasteiger partial charge in [-0.15, -0.1) is 22.7 Å². The van der Waals surface area contributed by atoms with Gasteiger partial charge in [0.2, 0.25) is 0 Å². The van der Waals surface area contributed by atoms with Gasteiger partial charge in [-0.3, -0.25) is 0 Å². The monoisotopic (exact) mass is 624 g/mol. The Labute approximate surface area is 241 Å². The lowest BCUT2D eigenvalue weighted by atomic mass is 10.1. The van der Waals surface area contributed by atoms with E-state index in [1.807, 2.05) is 24.6 Å². The van der Waals surface area contributed by atoms with E-state index in [9.17, 15) is 9.59 Å². The molecule has 8 nitrogen and oxygen atoms in total. The average molecular weight is 626 g/mol. The fourth-order valence-electron chi connectivity index (χ4n) is 3.32. The first-order valence-corrected chi connectivity index (χ1v) is 14.8. The van der Waals surface area contributed by atoms with Gasteiger partial charge >= 0.3 is 6.09 Å². The molecule has 0 bridgehead atoms. The smallest absolute Gasteiger partial charge is 0.407 e. The van der Waals surface area contributed by atoms with Crippen LogP contribution < -0.4 is 10.8 Å². The standard InChI is InChI=1S/C15H11BrN2OS2.C5H11N.C4H7NO3.C3H8/c1-18-8-11(17-19-18)9-2-4-10(5-3-9)12-6-13-14(20-12)7-15(16)21-13;1-6-4-2-3-5-6;1-8-4(7)5-2-3-6;1-3-2/h2-8,17H,1H3;2-5H2,1H3;3H,2H2,1H3,(H,5,7);3H2,1-2H3. The fourth-order valence-corrected chi connectivity index (χ4v) is 6.35. The van der Waals surface area contributed by atoms with Gasteiger partial charge in [-0.2, -0.15) is 4.94 Å². The number of nitrogens with one attached hydrogen (secondary N) is 2. The molecule has 1 fully saturated rings. The quantitative estimate of drug-likeness (QED) is 0.311. The SMILES string of the molecule is CCC.CN1C=C(c2ccc(-c3cc4sc(Br)cc4s3)cc2)NO1.CN1CCCC1.COC(=O)NCC=O. The molecule has 2 aliphatic heterocycles. The summed E-state index contributed by atoms with van der Waals surface area (Å²) in [7, 11) is 5.26. The third-order valence-electron chi connectivity index (χ3n) is 5.11. The fraction of sp³-hybridized carbons (Fsp3) is 0.407. The summed E-state index contributed by atoms with van der Waals surface area (Å²) < 4.78 is 8.00. The van der Waals surface area contributed by atoms with Gasteiger partial charge in [0.1, 0.15) is 6.29 Å². The zero-order valence-electron chi connectivity index (χ0n) is 22.6. The number of fused-ring (bicyclic) bond motifs is 1. The van der Waals surface area contributed by atoms with Gasteiger partial charge in [0.25, 0.3) is 0 Å². The Morgan fingerprint density at radius 2 is 1.71 bits per heavy atom. The molecule has 2 aliphatic rings. The molecule has 0 unspecified atom stereocenters. The number of thiophene rings is 2. The van der Waals surface area contributed by atoms with Gasteiger partial charge < -0.3 is 19.7 Å². The number of hydrogen-bond acceptors (Lipinski definition) is 9. The number of rotatable bonds is 4. The average Bonchev–Trinajstić information content (AvgIpc) is 3.70. The van der Waals surface area contributed by atoms with Gasteiger partial charge in [0, 0.05) is 26.9 Å². The molecular formula is C27H37BrN4O4S2. The second kappa shape index (κ2) is 17.2. The third-order valence-corrected chi connectivity index (χ3v) is 7.96. The van der Waals surface area contributed by atoms with Gasteiger partial charge in [-0.05, 0) is 66.6 Å². The molecule has 0 spiro atoms. The van der Waals surface area contributed by atoms with Crippen LogP contribution in [0.3, 0.4) is 0 Å². The summed E-state index contributed by atoms with van der Waals surface area (Å²) in [6.45, 7) is 6.90. The van der Waals surface area contributed by atoms with E-state index in [4.69, 9.17) is 4.94 Å². The second-order valence-electron chi connectivity index (χ2n) is 8.51. The molecule has 0 saturated carbocycles. The Balaban J connectivity index is 0.000000246. The van der Waals surface area contributed by atoms with E-state index in [-0.39, 0.29) is 6.54 Å². The predicted molar refractivity (Wildman–Crippen MR) is 162 cm³/mol. The van der Waals surface area contributed by atoms with Crippen molar-refractivity contribution in [2.24, 2.45) is 0 Å². The number of hydrogen-bond donors (Lipinski definition) is 2. The van der Waals surface area contributed by atoms with E-state index in [0.29, 0.717) is 6.29 Å². The predicted octanol–water partition coefficient (Wildman–Crippen LogP) is 6.74. The number of hydroxylamine groups is 3. The van der Waals surface area contributed by atoms with Crippen LogP contribution in [0.5, 0.6) is 0 Å². The number of amides is 1. The highest BCUT2D eigenvalue weighted by atomic mass is 79.9. The van der Waals surface area contributed by atoms with Crippen LogP contribution in [0.25, 0.3) is 25.5 Å². The Morgan fingerprint density at radius 1 is 1.11 bits per heavy atom. The first kappa shape index (κ1) is 31.8. The molecule has 1 amide bonds. The van der Waals surface area contributed by atoms with Crippen molar-refractivity contribution in [2.75, 3.05) is 40.8 Å². The van der Waals surface area contributed by atoms with Crippen LogP contribution in [0.15, 0.2) is 46.4 Å². The van der Waals surface area contributed by atoms with Gasteiger partial charge in [0.15, 0.2) is 0 Å². The van der Waals surface area contributed by atoms with Crippen molar-refractivity contribution in [2.45, 2.75) is 33.1 Å². The minimum atomic E-state index is -0.586. The summed E-state index contributed by atoms with van der Waals surface area (Å²) in [4.78, 5) is 28.5. The van der Waals surface area contributed by atoms with Crippen molar-refractivity contribution in [3.63, 3.8) is 0 Å². The molecule has 4 heterocycles. The Kier molecular flexibility index (Phi) is 14.4. The van der Waals surface area contributed by atoms with Crippen LogP contribution in [-0.2, 0) is 14.5 Å². The van der Waals surface area contributed by atoms with E-state index in [1.165, 1.54) is 63.1 Å². The number of benzene rings is 1. The molecule has 0 radical (unpaired) electrons. The highest BCUT2D eigenvalue weighted by Gasteiger charge is 2.12. The van der Waals surface area contributed by atoms with E-state index in [1.54, 1.807) is 16.4 Å². The lowest BCUT2D eigenvalue weighted by Gasteiger charge is -2.04. The molecule has 208 valence electrons. The van der Waals surface area contributed by atoms with Crippen LogP contribution in [0, 0.1) is 0 Å². The first-order chi connectivity index (χ1) is 18.3. The molecule has 2 aromatic heterocycles. The van der Waals surface area contributed by atoms with Gasteiger partial charge in [-0.25, -0.2) is 15.3 Å². The maximum Gasteiger partial charge on any atom is 0.407 e. The number of alkyl carbamates (subject to hydrolysis) is 1. The Bertz CT molecular complexity index is 1130. The van der Waals surface area contributed by atoms with E-state index in [2.05, 4.69) is 93.7 Å². The van der Waals surface area contributed by atoms with Crippen LogP contribution in [0.1, 0.15) is 38.7 Å². The summed E-state index contributed by atoms with van der Waals surface area (Å²) in [6, 6.07) is 13.0. The number of halogens is 1. The van der Waals surface area contributed by atoms with Crippen LogP contribution in [0.4, 0.5) is 4.79 Å². The zero-order chi connectivity index (χ0) is 27.9. The van der Waals surface area contributed by atoms with Crippen LogP contribution >= 0.6 is 38.6 Å². The first-order valence-electron chi connectivity index (χ1n) is 12.4. The van der Waals surface area contributed by atoms with Crippen molar-refractivity contribution < 1.29 is 19.3 Å². The molecule has 3 aromatic rings. The second-order valence-corrected chi connectivity index (χ2v) is 12.1. The summed E-state index contributed by atoms with van der Waals surface area (Å²) >= 11 is 7.14. The van der Waals surface area contributed by atoms with Crippen molar-refractivity contribution in [1.82, 2.24) is 20.8 Å². The molecule has 11 heteroatoms. The molecular weight excluding hydrogens is 588 g/mol. The molecule has 0 atom stereocenters. The Hall–Kier alpha value is -2.44. The lowest BCUT2D eigenvalue weighted by molar-refractivity contribution is -0.121. The van der Waals surface area contributed by atoms with Crippen molar-refractivity contribution in [3.8, 4) is 10.4 Å². The summed E-state index contributed by atoms with van der Waals surface area (Å²) in [5, 5.41) is 3.80. The number of carbonyl (C=O) groups excluding carboxylic acids is 2. The lowest BCUT2D eigenvalue weighted by Crippen LogP contribution is -2.24. The largest absolute Gasteiger partial charge is 0.453 e. The van der Waals surface area contributed by atoms with Gasteiger partial charge in [-0.1, -0.05) is 44.5 Å². The molecule has 0 aliphatic carbocycles. The minimum absolute atomic E-state index is 0.00662. The number of aldehydes is 1. The number of ether oxygens (including phenoxy) is 1. The number of methoxy groups -OCH3 is 1. The molecule has 5 rings (SSSR count). The van der Waals surface area contributed by atoms with Crippen molar-refractivity contribution >= 4 is 66.1 Å². The number of nitrogens with zero attached hydrogens (tertiary/aromatic N) is 2. The van der Waals surface area contributed by atoms with Crippen molar-refractivity contribution in [1.29, 1.82) is 0 Å². The summed E-state index contributed by atoms with van der Waals surface area (Å²) in [6.07, 6.45) is 5.99. The summed E-state index contributed by atoms with van der Waals surface area (Å²) in [5.41, 5.74) is 6.23. The maximum absolute atomic E-state index is 10.1. The molecule has 1 saturated heterocycles. The highest BCUT2D eigenvalue weighted by molar-refractivity contribution is 9.11. The summed E-state index contributed by atoms with van der Waals surface area (Å²) in [5.74, 6) is 0. The van der Waals surface area contributed by atoms with Crippen molar-refractivity contribution in [3.05, 3.63) is 51.9 Å². The zero-order valence-corrected chi connectivity index (χ0v) is 25.8. The topological polar surface area (TPSA) is 83.1 Å². The van der Waals surface area contributed by atoms with Gasteiger partial charge in [0.05, 0.1) is 29.3 Å². The van der Waals surface area contributed by atoms with Crippen LogP contribution in [-0.4, -0.2) is 63.2 Å². The maximum atomic E-state index is 10.1. The van der Waals surface area contributed by atoms with Crippen LogP contribution in [0.2, 0.25) is 0 Å². The number of carbonyl (C=O) groups is 2. The van der Waals surface area contributed by atoms with E-state index >= 15 is 0 Å². The minimum Gasteiger partial charge on any atom is -0.453 e. The normalized spacial score (nSPS) is 14.2. The number of likely N-dealkylation sites (tertiary alicyclic amines) is 1. The third kappa shape index (κ3) is 10.7. The molecule has 1 aromatic carbocycles.